The predicted molar refractivity (Wildman–Crippen MR) is 47.5 cm³/mol. The third-order valence-electron chi connectivity index (χ3n) is 0.784. The number of hydrogen-bond donors (Lipinski definition) is 5. The number of hydrogen-bond acceptors (Lipinski definition) is 4. The van der Waals surface area contributed by atoms with Crippen LogP contribution in [0.5, 0.6) is 0 Å². The second-order valence-corrected chi connectivity index (χ2v) is 2.98. The minimum atomic E-state index is -4.67. The van der Waals surface area contributed by atoms with Crippen molar-refractivity contribution in [3.8, 4) is 0 Å². The van der Waals surface area contributed by atoms with E-state index in [1.54, 1.807) is 0 Å². The summed E-state index contributed by atoms with van der Waals surface area (Å²) in [6.45, 7) is -0.227. The van der Waals surface area contributed by atoms with Gasteiger partial charge in [-0.25, -0.2) is 0 Å². The van der Waals surface area contributed by atoms with Crippen molar-refractivity contribution in [3.05, 3.63) is 0 Å². The first-order chi connectivity index (χ1) is 6.04. The summed E-state index contributed by atoms with van der Waals surface area (Å²) in [6, 6.07) is 0. The normalized spacial score (nSPS) is 9.00. The molecular formula is C4H12KN3O6S. The Kier molecular flexibility index (Phi) is 13.0. The number of carboxylic acid groups (broad SMARTS) is 1. The topological polar surface area (TPSA) is 165 Å². The van der Waals surface area contributed by atoms with Gasteiger partial charge in [0, 0.05) is 7.05 Å². The fourth-order valence-electron chi connectivity index (χ4n) is 0.288. The molecule has 0 aromatic carbocycles. The molecule has 0 heterocycles. The molecule has 0 aromatic rings. The van der Waals surface area contributed by atoms with Crippen LogP contribution in [0.25, 0.3) is 0 Å². The summed E-state index contributed by atoms with van der Waals surface area (Å²) in [6.07, 6.45) is 0. The molecule has 0 aliphatic rings. The molecule has 0 bridgehead atoms. The van der Waals surface area contributed by atoms with E-state index < -0.39 is 16.4 Å². The number of rotatable bonds is 2. The minimum absolute atomic E-state index is 0. The molecule has 0 atom stereocenters. The van der Waals surface area contributed by atoms with Gasteiger partial charge in [-0.15, -0.1) is 0 Å². The zero-order valence-electron chi connectivity index (χ0n) is 9.21. The summed E-state index contributed by atoms with van der Waals surface area (Å²) < 4.78 is 31.6. The van der Waals surface area contributed by atoms with Crippen LogP contribution in [0.15, 0.2) is 0 Å². The Morgan fingerprint density at radius 3 is 1.87 bits per heavy atom. The van der Waals surface area contributed by atoms with E-state index in [4.69, 9.17) is 33.8 Å². The molecule has 0 aliphatic heterocycles. The Morgan fingerprint density at radius 1 is 1.53 bits per heavy atom. The quantitative estimate of drug-likeness (QED) is 0.144. The van der Waals surface area contributed by atoms with Crippen molar-refractivity contribution in [1.82, 2.24) is 4.90 Å². The average Bonchev–Trinajstić information content (AvgIpc) is 1.80. The smallest absolute Gasteiger partial charge is 1.00 e. The SMILES string of the molecule is CN(CC(=O)O)C(=N)N.O=S(=O)(O)O.[H-].[K+]. The van der Waals surface area contributed by atoms with Gasteiger partial charge in [0.05, 0.1) is 0 Å². The van der Waals surface area contributed by atoms with Crippen LogP contribution in [-0.2, 0) is 15.2 Å². The van der Waals surface area contributed by atoms with Gasteiger partial charge in [0.1, 0.15) is 6.54 Å². The van der Waals surface area contributed by atoms with Gasteiger partial charge >= 0.3 is 67.8 Å². The number of aliphatic carboxylic acids is 1. The number of nitrogens with one attached hydrogen (secondary N) is 1. The van der Waals surface area contributed by atoms with Crippen LogP contribution < -0.4 is 57.1 Å². The number of carbonyl (C=O) groups is 1. The van der Waals surface area contributed by atoms with Crippen molar-refractivity contribution in [1.29, 1.82) is 5.41 Å². The maximum atomic E-state index is 9.92. The molecule has 86 valence electrons. The van der Waals surface area contributed by atoms with E-state index in [2.05, 4.69) is 0 Å². The van der Waals surface area contributed by atoms with Crippen LogP contribution in [0.3, 0.4) is 0 Å². The number of likely N-dealkylation sites (N-methyl/N-ethyl adjacent to an activating group) is 1. The fourth-order valence-corrected chi connectivity index (χ4v) is 0.288. The molecule has 0 aromatic heterocycles. The zero-order valence-corrected chi connectivity index (χ0v) is 12.1. The largest absolute Gasteiger partial charge is 1.00 e. The average molecular weight is 269 g/mol. The van der Waals surface area contributed by atoms with Crippen LogP contribution in [-0.4, -0.2) is 53.1 Å². The molecule has 0 rings (SSSR count). The van der Waals surface area contributed by atoms with E-state index in [0.717, 1.165) is 4.90 Å². The van der Waals surface area contributed by atoms with E-state index in [1.807, 2.05) is 0 Å². The number of guanidine groups is 1. The first kappa shape index (κ1) is 20.6. The zero-order chi connectivity index (χ0) is 11.9. The third-order valence-corrected chi connectivity index (χ3v) is 0.784. The van der Waals surface area contributed by atoms with Crippen molar-refractivity contribution >= 4 is 22.3 Å². The maximum Gasteiger partial charge on any atom is 1.00 e. The Balaban J connectivity index is -0.0000000904. The Bertz CT molecular complexity index is 301. The summed E-state index contributed by atoms with van der Waals surface area (Å²) in [5.74, 6) is -1.23. The molecule has 0 amide bonds. The molecule has 0 fully saturated rings. The maximum absolute atomic E-state index is 9.92. The summed E-state index contributed by atoms with van der Waals surface area (Å²) >= 11 is 0. The van der Waals surface area contributed by atoms with Crippen LogP contribution in [0.2, 0.25) is 0 Å². The van der Waals surface area contributed by atoms with Crippen molar-refractivity contribution in [3.63, 3.8) is 0 Å². The van der Waals surface area contributed by atoms with Crippen molar-refractivity contribution in [2.75, 3.05) is 13.6 Å². The van der Waals surface area contributed by atoms with Crippen molar-refractivity contribution in [2.45, 2.75) is 0 Å². The van der Waals surface area contributed by atoms with Gasteiger partial charge < -0.3 is 17.2 Å². The van der Waals surface area contributed by atoms with Crippen molar-refractivity contribution < 1.29 is 80.2 Å². The second kappa shape index (κ2) is 9.47. The summed E-state index contributed by atoms with van der Waals surface area (Å²) in [4.78, 5) is 11.0. The van der Waals surface area contributed by atoms with Gasteiger partial charge in [-0.2, -0.15) is 8.42 Å². The predicted octanol–water partition coefficient (Wildman–Crippen LogP) is -4.64. The molecule has 0 aliphatic carbocycles. The third kappa shape index (κ3) is 31.4. The van der Waals surface area contributed by atoms with Crippen LogP contribution in [0, 0.1) is 5.41 Å². The van der Waals surface area contributed by atoms with Gasteiger partial charge in [-0.05, 0) is 0 Å². The first-order valence-electron chi connectivity index (χ1n) is 3.01. The number of nitrogens with zero attached hydrogens (tertiary/aromatic N) is 1. The van der Waals surface area contributed by atoms with Gasteiger partial charge in [0.2, 0.25) is 0 Å². The first-order valence-corrected chi connectivity index (χ1v) is 4.40. The Morgan fingerprint density at radius 2 is 1.80 bits per heavy atom. The molecule has 11 heteroatoms. The summed E-state index contributed by atoms with van der Waals surface area (Å²) in [5.41, 5.74) is 4.93. The van der Waals surface area contributed by atoms with Gasteiger partial charge in [-0.3, -0.25) is 19.3 Å². The van der Waals surface area contributed by atoms with Crippen LogP contribution in [0.1, 0.15) is 1.43 Å². The van der Waals surface area contributed by atoms with E-state index >= 15 is 0 Å². The Hall–Kier alpha value is 0.246. The molecule has 6 N–H and O–H groups in total. The molecule has 9 nitrogen and oxygen atoms in total. The van der Waals surface area contributed by atoms with E-state index in [-0.39, 0.29) is 65.3 Å². The van der Waals surface area contributed by atoms with E-state index in [9.17, 15) is 4.79 Å². The van der Waals surface area contributed by atoms with Gasteiger partial charge in [0.25, 0.3) is 0 Å². The monoisotopic (exact) mass is 269 g/mol. The molecular weight excluding hydrogens is 257 g/mol. The van der Waals surface area contributed by atoms with Crippen LogP contribution >= 0.6 is 0 Å². The summed E-state index contributed by atoms with van der Waals surface area (Å²) in [5, 5.41) is 14.9. The molecule has 0 unspecified atom stereocenters. The second-order valence-electron chi connectivity index (χ2n) is 2.08. The number of nitrogens with two attached hydrogens (primary N) is 1. The van der Waals surface area contributed by atoms with E-state index in [1.165, 1.54) is 7.05 Å². The molecule has 15 heavy (non-hydrogen) atoms. The number of carboxylic acids is 1. The molecule has 0 spiro atoms. The van der Waals surface area contributed by atoms with E-state index in [0.29, 0.717) is 0 Å². The minimum Gasteiger partial charge on any atom is -1.00 e. The molecule has 0 saturated heterocycles. The van der Waals surface area contributed by atoms with Crippen LogP contribution in [0.4, 0.5) is 0 Å². The standard InChI is InChI=1S/C4H9N3O2.K.H2O4S.H/c1-7(4(5)6)2-3(8)9;;1-5(2,3)4;/h2H2,1H3,(H3,5,6)(H,8,9);;(H2,1,2,3,4);/q;+1;;-1. The Labute approximate surface area is 131 Å². The van der Waals surface area contributed by atoms with Crippen molar-refractivity contribution in [2.24, 2.45) is 5.73 Å². The van der Waals surface area contributed by atoms with Gasteiger partial charge in [-0.1, -0.05) is 0 Å². The van der Waals surface area contributed by atoms with Gasteiger partial charge in [0.15, 0.2) is 5.96 Å². The fraction of sp³-hybridized carbons (Fsp3) is 0.500. The molecule has 0 radical (unpaired) electrons. The summed E-state index contributed by atoms with van der Waals surface area (Å²) in [7, 11) is -3.23. The molecule has 0 saturated carbocycles.